The topological polar surface area (TPSA) is 121 Å². The smallest absolute Gasteiger partial charge is 0.200 e. The van der Waals surface area contributed by atoms with Crippen LogP contribution in [0.15, 0.2) is 72.8 Å². The third kappa shape index (κ3) is 3.00. The SMILES string of the molecule is Oc1ccc(-c2ccccc2-c2ccccc2-c2ccc(O)c(O)c2O)c(O)c1O. The minimum absolute atomic E-state index is 0.313. The number of rotatable bonds is 3. The molecule has 0 heterocycles. The average Bonchev–Trinajstić information content (AvgIpc) is 2.76. The molecule has 0 bridgehead atoms. The van der Waals surface area contributed by atoms with Gasteiger partial charge in [0.15, 0.2) is 23.0 Å². The van der Waals surface area contributed by atoms with Gasteiger partial charge in [0.2, 0.25) is 11.5 Å². The highest BCUT2D eigenvalue weighted by Gasteiger charge is 2.20. The highest BCUT2D eigenvalue weighted by atomic mass is 16.3. The van der Waals surface area contributed by atoms with Crippen molar-refractivity contribution >= 4 is 0 Å². The minimum atomic E-state index is -0.614. The van der Waals surface area contributed by atoms with Gasteiger partial charge in [-0.2, -0.15) is 0 Å². The Hall–Kier alpha value is -4.32. The second-order valence-electron chi connectivity index (χ2n) is 6.75. The standard InChI is InChI=1S/C24H18O6/c25-19-11-9-17(21(27)23(19)29)15-7-3-1-5-13(15)14-6-2-4-8-16(14)18-10-12-20(26)24(30)22(18)28/h1-12,25-30H. The maximum atomic E-state index is 10.4. The molecule has 0 spiro atoms. The van der Waals surface area contributed by atoms with E-state index in [0.29, 0.717) is 33.4 Å². The van der Waals surface area contributed by atoms with E-state index in [9.17, 15) is 30.6 Å². The van der Waals surface area contributed by atoms with Gasteiger partial charge < -0.3 is 30.6 Å². The molecule has 150 valence electrons. The first-order chi connectivity index (χ1) is 14.4. The Morgan fingerprint density at radius 2 is 0.600 bits per heavy atom. The van der Waals surface area contributed by atoms with Crippen molar-refractivity contribution in [3.05, 3.63) is 72.8 Å². The van der Waals surface area contributed by atoms with Crippen LogP contribution in [0.2, 0.25) is 0 Å². The minimum Gasteiger partial charge on any atom is -0.504 e. The van der Waals surface area contributed by atoms with Crippen molar-refractivity contribution in [3.8, 4) is 67.9 Å². The summed E-state index contributed by atoms with van der Waals surface area (Å²) in [6, 6.07) is 19.9. The van der Waals surface area contributed by atoms with E-state index >= 15 is 0 Å². The first-order valence-corrected chi connectivity index (χ1v) is 9.07. The zero-order valence-corrected chi connectivity index (χ0v) is 15.6. The van der Waals surface area contributed by atoms with E-state index in [1.807, 2.05) is 12.1 Å². The summed E-state index contributed by atoms with van der Waals surface area (Å²) < 4.78 is 0. The van der Waals surface area contributed by atoms with Crippen molar-refractivity contribution in [2.75, 3.05) is 0 Å². The van der Waals surface area contributed by atoms with Gasteiger partial charge in [-0.15, -0.1) is 0 Å². The second kappa shape index (κ2) is 7.25. The van der Waals surface area contributed by atoms with Crippen LogP contribution in [0.25, 0.3) is 33.4 Å². The van der Waals surface area contributed by atoms with Crippen molar-refractivity contribution in [1.82, 2.24) is 0 Å². The molecule has 30 heavy (non-hydrogen) atoms. The lowest BCUT2D eigenvalue weighted by atomic mass is 9.88. The first-order valence-electron chi connectivity index (χ1n) is 9.07. The summed E-state index contributed by atoms with van der Waals surface area (Å²) in [6.07, 6.45) is 0. The van der Waals surface area contributed by atoms with Crippen LogP contribution in [0, 0.1) is 0 Å². The van der Waals surface area contributed by atoms with Crippen molar-refractivity contribution in [2.45, 2.75) is 0 Å². The third-order valence-corrected chi connectivity index (χ3v) is 4.98. The summed E-state index contributed by atoms with van der Waals surface area (Å²) in [5.41, 5.74) is 3.16. The van der Waals surface area contributed by atoms with Gasteiger partial charge in [-0.1, -0.05) is 48.5 Å². The Labute approximate surface area is 171 Å². The van der Waals surface area contributed by atoms with Gasteiger partial charge in [-0.3, -0.25) is 0 Å². The maximum absolute atomic E-state index is 10.4. The Bertz CT molecular complexity index is 1160. The quantitative estimate of drug-likeness (QED) is 0.271. The van der Waals surface area contributed by atoms with Gasteiger partial charge in [-0.05, 0) is 46.5 Å². The van der Waals surface area contributed by atoms with Gasteiger partial charge in [-0.25, -0.2) is 0 Å². The molecule has 0 saturated heterocycles. The van der Waals surface area contributed by atoms with Crippen LogP contribution >= 0.6 is 0 Å². The van der Waals surface area contributed by atoms with E-state index in [0.717, 1.165) is 0 Å². The van der Waals surface area contributed by atoms with Crippen molar-refractivity contribution < 1.29 is 30.6 Å². The van der Waals surface area contributed by atoms with Gasteiger partial charge in [0.1, 0.15) is 0 Å². The molecule has 4 aromatic rings. The largest absolute Gasteiger partial charge is 0.504 e. The molecule has 4 aromatic carbocycles. The Morgan fingerprint density at radius 1 is 0.300 bits per heavy atom. The summed E-state index contributed by atoms with van der Waals surface area (Å²) in [5, 5.41) is 60.0. The Kier molecular flexibility index (Phi) is 4.60. The van der Waals surface area contributed by atoms with E-state index in [1.165, 1.54) is 24.3 Å². The fourth-order valence-electron chi connectivity index (χ4n) is 3.48. The van der Waals surface area contributed by atoms with Crippen LogP contribution in [0.5, 0.6) is 34.5 Å². The Balaban J connectivity index is 1.98. The van der Waals surface area contributed by atoms with Gasteiger partial charge in [0.25, 0.3) is 0 Å². The predicted molar refractivity (Wildman–Crippen MR) is 113 cm³/mol. The zero-order valence-electron chi connectivity index (χ0n) is 15.6. The lowest BCUT2D eigenvalue weighted by Gasteiger charge is -2.17. The molecule has 0 aliphatic rings. The molecule has 6 N–H and O–H groups in total. The van der Waals surface area contributed by atoms with E-state index in [1.54, 1.807) is 36.4 Å². The summed E-state index contributed by atoms with van der Waals surface area (Å²) in [7, 11) is 0. The monoisotopic (exact) mass is 402 g/mol. The zero-order chi connectivity index (χ0) is 21.4. The highest BCUT2D eigenvalue weighted by molar-refractivity contribution is 5.95. The number of hydrogen-bond donors (Lipinski definition) is 6. The molecule has 0 aromatic heterocycles. The van der Waals surface area contributed by atoms with Crippen LogP contribution in [0.4, 0.5) is 0 Å². The van der Waals surface area contributed by atoms with Gasteiger partial charge >= 0.3 is 0 Å². The van der Waals surface area contributed by atoms with Crippen molar-refractivity contribution in [3.63, 3.8) is 0 Å². The molecule has 4 rings (SSSR count). The highest BCUT2D eigenvalue weighted by Crippen LogP contribution is 2.48. The van der Waals surface area contributed by atoms with Crippen LogP contribution in [-0.4, -0.2) is 30.6 Å². The fourth-order valence-corrected chi connectivity index (χ4v) is 3.48. The van der Waals surface area contributed by atoms with Crippen LogP contribution < -0.4 is 0 Å². The van der Waals surface area contributed by atoms with Crippen LogP contribution in [0.1, 0.15) is 0 Å². The number of aromatic hydroxyl groups is 6. The number of benzene rings is 4. The molecular weight excluding hydrogens is 384 g/mol. The molecule has 0 saturated carbocycles. The average molecular weight is 402 g/mol. The summed E-state index contributed by atoms with van der Waals surface area (Å²) >= 11 is 0. The molecule has 6 heteroatoms. The van der Waals surface area contributed by atoms with Gasteiger partial charge in [0.05, 0.1) is 0 Å². The molecule has 0 aliphatic heterocycles. The predicted octanol–water partition coefficient (Wildman–Crippen LogP) is 4.92. The number of phenolic OH excluding ortho intramolecular Hbond substituents is 6. The third-order valence-electron chi connectivity index (χ3n) is 4.98. The molecule has 0 atom stereocenters. The van der Waals surface area contributed by atoms with Crippen LogP contribution in [0.3, 0.4) is 0 Å². The number of hydrogen-bond acceptors (Lipinski definition) is 6. The molecule has 6 nitrogen and oxygen atoms in total. The molecule has 0 radical (unpaired) electrons. The van der Waals surface area contributed by atoms with Crippen molar-refractivity contribution in [1.29, 1.82) is 0 Å². The summed E-state index contributed by atoms with van der Waals surface area (Å²) in [4.78, 5) is 0. The molecule has 0 aliphatic carbocycles. The fraction of sp³-hybridized carbons (Fsp3) is 0. The normalized spacial score (nSPS) is 10.8. The summed E-state index contributed by atoms with van der Waals surface area (Å²) in [6.45, 7) is 0. The Morgan fingerprint density at radius 3 is 0.933 bits per heavy atom. The lowest BCUT2D eigenvalue weighted by molar-refractivity contribution is 0.369. The molecule has 0 unspecified atom stereocenters. The van der Waals surface area contributed by atoms with E-state index in [2.05, 4.69) is 0 Å². The lowest BCUT2D eigenvalue weighted by Crippen LogP contribution is -1.90. The van der Waals surface area contributed by atoms with Crippen molar-refractivity contribution in [2.24, 2.45) is 0 Å². The maximum Gasteiger partial charge on any atom is 0.200 e. The van der Waals surface area contributed by atoms with E-state index in [-0.39, 0.29) is 0 Å². The van der Waals surface area contributed by atoms with Gasteiger partial charge in [0, 0.05) is 11.1 Å². The van der Waals surface area contributed by atoms with E-state index in [4.69, 9.17) is 0 Å². The van der Waals surface area contributed by atoms with E-state index < -0.39 is 34.5 Å². The molecular formula is C24H18O6. The second-order valence-corrected chi connectivity index (χ2v) is 6.75. The molecule has 0 fully saturated rings. The first kappa shape index (κ1) is 19.0. The number of phenols is 6. The summed E-state index contributed by atoms with van der Waals surface area (Å²) in [5.74, 6) is -3.00. The molecule has 0 amide bonds. The van der Waals surface area contributed by atoms with Crippen LogP contribution in [-0.2, 0) is 0 Å².